The first-order valence-corrected chi connectivity index (χ1v) is 10.2. The van der Waals surface area contributed by atoms with Crippen LogP contribution in [0.3, 0.4) is 0 Å². The maximum atomic E-state index is 5.41. The smallest absolute Gasteiger partial charge is 0.225 e. The zero-order chi connectivity index (χ0) is 18.5. The highest BCUT2D eigenvalue weighted by atomic mass is 16.5. The number of aromatic nitrogens is 4. The van der Waals surface area contributed by atoms with Crippen molar-refractivity contribution in [1.82, 2.24) is 24.4 Å². The number of hydrogen-bond acceptors (Lipinski definition) is 6. The van der Waals surface area contributed by atoms with Gasteiger partial charge in [-0.2, -0.15) is 0 Å². The van der Waals surface area contributed by atoms with Crippen LogP contribution in [0.4, 0.5) is 5.95 Å². The maximum Gasteiger partial charge on any atom is 0.225 e. The molecule has 0 spiro atoms. The Hall–Kier alpha value is -1.99. The molecule has 0 radical (unpaired) electrons. The Morgan fingerprint density at radius 3 is 2.44 bits per heavy atom. The summed E-state index contributed by atoms with van der Waals surface area (Å²) < 4.78 is 7.72. The lowest BCUT2D eigenvalue weighted by atomic mass is 10.1. The van der Waals surface area contributed by atoms with Gasteiger partial charge in [0.2, 0.25) is 5.95 Å². The van der Waals surface area contributed by atoms with Crippen LogP contribution in [-0.2, 0) is 4.74 Å². The van der Waals surface area contributed by atoms with E-state index >= 15 is 0 Å². The molecule has 146 valence electrons. The van der Waals surface area contributed by atoms with Gasteiger partial charge in [-0.3, -0.25) is 0 Å². The molecular formula is C20H30N6O. The molecule has 1 unspecified atom stereocenters. The molecule has 7 heteroatoms. The average Bonchev–Trinajstić information content (AvgIpc) is 3.23. The van der Waals surface area contributed by atoms with Gasteiger partial charge in [0.05, 0.1) is 31.4 Å². The van der Waals surface area contributed by atoms with Crippen molar-refractivity contribution in [3.63, 3.8) is 0 Å². The highest BCUT2D eigenvalue weighted by Crippen LogP contribution is 2.25. The van der Waals surface area contributed by atoms with Crippen LogP contribution in [0.25, 0.3) is 11.3 Å². The molecule has 4 heterocycles. The first-order chi connectivity index (χ1) is 13.3. The monoisotopic (exact) mass is 370 g/mol. The van der Waals surface area contributed by atoms with Gasteiger partial charge in [-0.15, -0.1) is 0 Å². The Labute approximate surface area is 161 Å². The summed E-state index contributed by atoms with van der Waals surface area (Å²) >= 11 is 0. The molecule has 0 saturated carbocycles. The molecule has 1 atom stereocenters. The average molecular weight is 371 g/mol. The number of ether oxygens (including phenoxy) is 1. The third-order valence-electron chi connectivity index (χ3n) is 5.68. The van der Waals surface area contributed by atoms with Gasteiger partial charge in [0.15, 0.2) is 0 Å². The molecule has 4 rings (SSSR count). The number of morpholine rings is 1. The molecule has 2 aromatic heterocycles. The van der Waals surface area contributed by atoms with Gasteiger partial charge >= 0.3 is 0 Å². The van der Waals surface area contributed by atoms with Crippen molar-refractivity contribution in [2.24, 2.45) is 0 Å². The van der Waals surface area contributed by atoms with Gasteiger partial charge in [0.25, 0.3) is 0 Å². The SMILES string of the molecule is CCC(CN1CCCCC1)n1cncc1-c1cnc(N2CCOCC2)nc1. The van der Waals surface area contributed by atoms with Gasteiger partial charge in [0.1, 0.15) is 0 Å². The third kappa shape index (κ3) is 4.30. The van der Waals surface area contributed by atoms with Crippen molar-refractivity contribution in [1.29, 1.82) is 0 Å². The Morgan fingerprint density at radius 2 is 1.74 bits per heavy atom. The second-order valence-corrected chi connectivity index (χ2v) is 7.48. The molecule has 2 fully saturated rings. The van der Waals surface area contributed by atoms with Crippen LogP contribution in [0.1, 0.15) is 38.6 Å². The fourth-order valence-corrected chi connectivity index (χ4v) is 4.05. The van der Waals surface area contributed by atoms with Crippen LogP contribution in [0.5, 0.6) is 0 Å². The molecule has 27 heavy (non-hydrogen) atoms. The van der Waals surface area contributed by atoms with E-state index in [0.29, 0.717) is 6.04 Å². The Morgan fingerprint density at radius 1 is 1.00 bits per heavy atom. The van der Waals surface area contributed by atoms with Crippen LogP contribution in [-0.4, -0.2) is 70.4 Å². The topological polar surface area (TPSA) is 59.3 Å². The second-order valence-electron chi connectivity index (χ2n) is 7.48. The summed E-state index contributed by atoms with van der Waals surface area (Å²) in [5.41, 5.74) is 2.13. The minimum Gasteiger partial charge on any atom is -0.378 e. The van der Waals surface area contributed by atoms with Crippen molar-refractivity contribution in [2.75, 3.05) is 50.8 Å². The van der Waals surface area contributed by atoms with Crippen molar-refractivity contribution in [2.45, 2.75) is 38.6 Å². The lowest BCUT2D eigenvalue weighted by molar-refractivity contribution is 0.122. The number of piperidine rings is 1. The summed E-state index contributed by atoms with van der Waals surface area (Å²) in [6.07, 6.45) is 12.9. The summed E-state index contributed by atoms with van der Waals surface area (Å²) in [5, 5.41) is 0. The predicted molar refractivity (Wildman–Crippen MR) is 106 cm³/mol. The summed E-state index contributed by atoms with van der Waals surface area (Å²) in [5.74, 6) is 0.786. The van der Waals surface area contributed by atoms with Crippen LogP contribution >= 0.6 is 0 Å². The first-order valence-electron chi connectivity index (χ1n) is 10.2. The normalized spacial score (nSPS) is 20.0. The van der Waals surface area contributed by atoms with E-state index in [1.807, 2.05) is 24.9 Å². The van der Waals surface area contributed by atoms with Crippen LogP contribution in [0.2, 0.25) is 0 Å². The second kappa shape index (κ2) is 8.80. The Bertz CT molecular complexity index is 704. The Kier molecular flexibility index (Phi) is 5.99. The quantitative estimate of drug-likeness (QED) is 0.779. The summed E-state index contributed by atoms with van der Waals surface area (Å²) in [7, 11) is 0. The van der Waals surface area contributed by atoms with E-state index in [1.165, 1.54) is 32.4 Å². The molecule has 2 saturated heterocycles. The highest BCUT2D eigenvalue weighted by molar-refractivity contribution is 5.57. The van der Waals surface area contributed by atoms with Crippen molar-refractivity contribution >= 4 is 5.95 Å². The van der Waals surface area contributed by atoms with E-state index in [2.05, 4.69) is 36.2 Å². The molecule has 0 bridgehead atoms. The zero-order valence-corrected chi connectivity index (χ0v) is 16.3. The van der Waals surface area contributed by atoms with Crippen molar-refractivity contribution in [3.8, 4) is 11.3 Å². The van der Waals surface area contributed by atoms with Gasteiger partial charge in [-0.25, -0.2) is 15.0 Å². The van der Waals surface area contributed by atoms with Crippen LogP contribution in [0, 0.1) is 0 Å². The van der Waals surface area contributed by atoms with E-state index in [1.54, 1.807) is 0 Å². The Balaban J connectivity index is 1.50. The number of rotatable bonds is 6. The number of nitrogens with zero attached hydrogens (tertiary/aromatic N) is 6. The predicted octanol–water partition coefficient (Wildman–Crippen LogP) is 2.61. The fraction of sp³-hybridized carbons (Fsp3) is 0.650. The van der Waals surface area contributed by atoms with Gasteiger partial charge < -0.3 is 19.1 Å². The first kappa shape index (κ1) is 18.4. The highest BCUT2D eigenvalue weighted by Gasteiger charge is 2.20. The van der Waals surface area contributed by atoms with Crippen LogP contribution in [0.15, 0.2) is 24.9 Å². The van der Waals surface area contributed by atoms with E-state index in [0.717, 1.165) is 56.5 Å². The molecule has 0 amide bonds. The molecular weight excluding hydrogens is 340 g/mol. The van der Waals surface area contributed by atoms with Gasteiger partial charge in [-0.1, -0.05) is 13.3 Å². The zero-order valence-electron chi connectivity index (χ0n) is 16.3. The minimum atomic E-state index is 0.430. The van der Waals surface area contributed by atoms with Gasteiger partial charge in [-0.05, 0) is 32.4 Å². The molecule has 0 aliphatic carbocycles. The van der Waals surface area contributed by atoms with Crippen LogP contribution < -0.4 is 4.90 Å². The molecule has 0 N–H and O–H groups in total. The van der Waals surface area contributed by atoms with E-state index in [9.17, 15) is 0 Å². The van der Waals surface area contributed by atoms with E-state index in [-0.39, 0.29) is 0 Å². The largest absolute Gasteiger partial charge is 0.378 e. The van der Waals surface area contributed by atoms with Crippen molar-refractivity contribution < 1.29 is 4.74 Å². The molecule has 0 aromatic carbocycles. The maximum absolute atomic E-state index is 5.41. The molecule has 2 aliphatic heterocycles. The molecule has 7 nitrogen and oxygen atoms in total. The minimum absolute atomic E-state index is 0.430. The number of anilines is 1. The van der Waals surface area contributed by atoms with E-state index in [4.69, 9.17) is 4.74 Å². The number of hydrogen-bond donors (Lipinski definition) is 0. The standard InChI is InChI=1S/C20H30N6O/c1-2-18(15-24-6-4-3-5-7-24)26-16-21-14-19(26)17-12-22-20(23-13-17)25-8-10-27-11-9-25/h12-14,16,18H,2-11,15H2,1H3. The number of likely N-dealkylation sites (tertiary alicyclic amines) is 1. The summed E-state index contributed by atoms with van der Waals surface area (Å²) in [4.78, 5) is 18.4. The van der Waals surface area contributed by atoms with Crippen molar-refractivity contribution in [3.05, 3.63) is 24.9 Å². The lowest BCUT2D eigenvalue weighted by Gasteiger charge is -2.31. The third-order valence-corrected chi connectivity index (χ3v) is 5.68. The fourth-order valence-electron chi connectivity index (χ4n) is 4.05. The lowest BCUT2D eigenvalue weighted by Crippen LogP contribution is -2.37. The molecule has 2 aromatic rings. The summed E-state index contributed by atoms with van der Waals surface area (Å²) in [6, 6.07) is 0.430. The summed E-state index contributed by atoms with van der Waals surface area (Å²) in [6.45, 7) is 8.98. The number of imidazole rings is 1. The molecule has 2 aliphatic rings. The van der Waals surface area contributed by atoms with E-state index < -0.39 is 0 Å². The van der Waals surface area contributed by atoms with Gasteiger partial charge in [0, 0.05) is 43.6 Å².